The normalized spacial score (nSPS) is 20.9. The number of hydrogen-bond acceptors (Lipinski definition) is 3. The fraction of sp³-hybridized carbons (Fsp3) is 0.562. The molecule has 1 atom stereocenters. The van der Waals surface area contributed by atoms with Crippen LogP contribution < -0.4 is 4.90 Å². The maximum atomic E-state index is 9.37. The summed E-state index contributed by atoms with van der Waals surface area (Å²) in [6.07, 6.45) is 2.27. The fourth-order valence-electron chi connectivity index (χ4n) is 2.90. The average molecular weight is 257 g/mol. The lowest BCUT2D eigenvalue weighted by Crippen LogP contribution is -2.40. The van der Waals surface area contributed by atoms with Gasteiger partial charge in [0.25, 0.3) is 0 Å². The van der Waals surface area contributed by atoms with Gasteiger partial charge in [0, 0.05) is 19.1 Å². The number of nitriles is 1. The Labute approximate surface area is 116 Å². The lowest BCUT2D eigenvalue weighted by atomic mass is 10.1. The third kappa shape index (κ3) is 3.08. The summed E-state index contributed by atoms with van der Waals surface area (Å²) >= 11 is 0. The standard InChI is InChI=1S/C16H23N3/c1-4-15-12-18(3)8-5-9-19(15)16-7-6-13(2)10-14(16)11-17/h6-7,10,15H,4-5,8-9,12H2,1-3H3. The van der Waals surface area contributed by atoms with E-state index in [1.165, 1.54) is 0 Å². The van der Waals surface area contributed by atoms with Gasteiger partial charge in [0.2, 0.25) is 0 Å². The number of benzene rings is 1. The van der Waals surface area contributed by atoms with Gasteiger partial charge in [0.15, 0.2) is 0 Å². The van der Waals surface area contributed by atoms with Crippen LogP contribution in [-0.2, 0) is 0 Å². The van der Waals surface area contributed by atoms with Gasteiger partial charge < -0.3 is 9.80 Å². The molecule has 0 amide bonds. The smallest absolute Gasteiger partial charge is 0.101 e. The second kappa shape index (κ2) is 6.08. The Kier molecular flexibility index (Phi) is 4.44. The first-order valence-electron chi connectivity index (χ1n) is 7.11. The Bertz CT molecular complexity index is 475. The van der Waals surface area contributed by atoms with Crippen LogP contribution in [0.4, 0.5) is 5.69 Å². The van der Waals surface area contributed by atoms with Crippen LogP contribution in [0, 0.1) is 18.3 Å². The molecular weight excluding hydrogens is 234 g/mol. The molecule has 3 heteroatoms. The third-order valence-electron chi connectivity index (χ3n) is 3.96. The van der Waals surface area contributed by atoms with Crippen LogP contribution in [0.3, 0.4) is 0 Å². The number of aryl methyl sites for hydroxylation is 1. The van der Waals surface area contributed by atoms with Gasteiger partial charge in [-0.15, -0.1) is 0 Å². The highest BCUT2D eigenvalue weighted by Crippen LogP contribution is 2.26. The summed E-state index contributed by atoms with van der Waals surface area (Å²) < 4.78 is 0. The highest BCUT2D eigenvalue weighted by atomic mass is 15.2. The molecule has 0 spiro atoms. The quantitative estimate of drug-likeness (QED) is 0.816. The molecule has 1 aliphatic heterocycles. The Morgan fingerprint density at radius 2 is 2.16 bits per heavy atom. The lowest BCUT2D eigenvalue weighted by Gasteiger charge is -2.33. The van der Waals surface area contributed by atoms with Crippen molar-refractivity contribution in [1.29, 1.82) is 5.26 Å². The second-order valence-electron chi connectivity index (χ2n) is 5.50. The number of nitrogens with zero attached hydrogens (tertiary/aromatic N) is 3. The van der Waals surface area contributed by atoms with Crippen molar-refractivity contribution in [3.63, 3.8) is 0 Å². The van der Waals surface area contributed by atoms with Gasteiger partial charge in [-0.25, -0.2) is 0 Å². The molecule has 1 unspecified atom stereocenters. The number of likely N-dealkylation sites (N-methyl/N-ethyl adjacent to an activating group) is 1. The Hall–Kier alpha value is -1.53. The van der Waals surface area contributed by atoms with Crippen molar-refractivity contribution < 1.29 is 0 Å². The highest BCUT2D eigenvalue weighted by molar-refractivity contribution is 5.61. The Morgan fingerprint density at radius 3 is 2.84 bits per heavy atom. The largest absolute Gasteiger partial charge is 0.366 e. The van der Waals surface area contributed by atoms with Crippen LogP contribution in [0.5, 0.6) is 0 Å². The summed E-state index contributed by atoms with van der Waals surface area (Å²) in [5.74, 6) is 0. The minimum Gasteiger partial charge on any atom is -0.366 e. The van der Waals surface area contributed by atoms with Crippen LogP contribution in [-0.4, -0.2) is 37.6 Å². The first-order valence-corrected chi connectivity index (χ1v) is 7.11. The van der Waals surface area contributed by atoms with E-state index in [1.807, 2.05) is 13.0 Å². The number of anilines is 1. The van der Waals surface area contributed by atoms with Crippen LogP contribution in [0.15, 0.2) is 18.2 Å². The molecule has 102 valence electrons. The Morgan fingerprint density at radius 1 is 1.37 bits per heavy atom. The minimum absolute atomic E-state index is 0.502. The van der Waals surface area contributed by atoms with Gasteiger partial charge in [-0.1, -0.05) is 13.0 Å². The molecular formula is C16H23N3. The molecule has 19 heavy (non-hydrogen) atoms. The van der Waals surface area contributed by atoms with Gasteiger partial charge in [-0.2, -0.15) is 5.26 Å². The molecule has 1 aromatic rings. The molecule has 0 N–H and O–H groups in total. The Balaban J connectivity index is 2.35. The van der Waals surface area contributed by atoms with E-state index in [2.05, 4.69) is 42.0 Å². The maximum Gasteiger partial charge on any atom is 0.101 e. The van der Waals surface area contributed by atoms with E-state index in [-0.39, 0.29) is 0 Å². The summed E-state index contributed by atoms with van der Waals surface area (Å²) in [7, 11) is 2.19. The van der Waals surface area contributed by atoms with E-state index in [4.69, 9.17) is 0 Å². The van der Waals surface area contributed by atoms with Crippen LogP contribution in [0.1, 0.15) is 30.9 Å². The molecule has 0 aromatic heterocycles. The molecule has 0 aliphatic carbocycles. The molecule has 2 rings (SSSR count). The van der Waals surface area contributed by atoms with Crippen molar-refractivity contribution in [3.05, 3.63) is 29.3 Å². The van der Waals surface area contributed by atoms with E-state index in [1.54, 1.807) is 0 Å². The monoisotopic (exact) mass is 257 g/mol. The first kappa shape index (κ1) is 13.9. The van der Waals surface area contributed by atoms with Gasteiger partial charge in [0.05, 0.1) is 11.3 Å². The number of rotatable bonds is 2. The average Bonchev–Trinajstić information content (AvgIpc) is 2.60. The summed E-state index contributed by atoms with van der Waals surface area (Å²) in [6, 6.07) is 9.08. The summed E-state index contributed by atoms with van der Waals surface area (Å²) in [6.45, 7) is 7.53. The molecule has 0 saturated carbocycles. The van der Waals surface area contributed by atoms with Crippen molar-refractivity contribution in [2.45, 2.75) is 32.7 Å². The van der Waals surface area contributed by atoms with E-state index < -0.39 is 0 Å². The van der Waals surface area contributed by atoms with Crippen molar-refractivity contribution >= 4 is 5.69 Å². The molecule has 1 aliphatic rings. The molecule has 1 aromatic carbocycles. The molecule has 0 radical (unpaired) electrons. The van der Waals surface area contributed by atoms with E-state index >= 15 is 0 Å². The minimum atomic E-state index is 0.502. The zero-order valence-corrected chi connectivity index (χ0v) is 12.2. The van der Waals surface area contributed by atoms with Crippen molar-refractivity contribution in [1.82, 2.24) is 4.90 Å². The highest BCUT2D eigenvalue weighted by Gasteiger charge is 2.23. The van der Waals surface area contributed by atoms with E-state index in [0.717, 1.165) is 49.3 Å². The SMILES string of the molecule is CCC1CN(C)CCCN1c1ccc(C)cc1C#N. The lowest BCUT2D eigenvalue weighted by molar-refractivity contribution is 0.328. The molecule has 1 fully saturated rings. The summed E-state index contributed by atoms with van der Waals surface area (Å²) in [5, 5.41) is 9.37. The van der Waals surface area contributed by atoms with Crippen LogP contribution in [0.2, 0.25) is 0 Å². The zero-order valence-electron chi connectivity index (χ0n) is 12.2. The van der Waals surface area contributed by atoms with Gasteiger partial charge >= 0.3 is 0 Å². The number of hydrogen-bond donors (Lipinski definition) is 0. The predicted molar refractivity (Wildman–Crippen MR) is 79.4 cm³/mol. The predicted octanol–water partition coefficient (Wildman–Crippen LogP) is 2.79. The van der Waals surface area contributed by atoms with Gasteiger partial charge in [-0.05, 0) is 51.1 Å². The maximum absolute atomic E-state index is 9.37. The second-order valence-corrected chi connectivity index (χ2v) is 5.50. The van der Waals surface area contributed by atoms with Crippen LogP contribution >= 0.6 is 0 Å². The summed E-state index contributed by atoms with van der Waals surface area (Å²) in [4.78, 5) is 4.83. The van der Waals surface area contributed by atoms with E-state index in [9.17, 15) is 5.26 Å². The summed E-state index contributed by atoms with van der Waals surface area (Å²) in [5.41, 5.74) is 3.07. The molecule has 3 nitrogen and oxygen atoms in total. The molecule has 1 saturated heterocycles. The van der Waals surface area contributed by atoms with Crippen LogP contribution in [0.25, 0.3) is 0 Å². The van der Waals surface area contributed by atoms with Crippen molar-refractivity contribution in [3.8, 4) is 6.07 Å². The van der Waals surface area contributed by atoms with Crippen molar-refractivity contribution in [2.24, 2.45) is 0 Å². The van der Waals surface area contributed by atoms with E-state index in [0.29, 0.717) is 6.04 Å². The third-order valence-corrected chi connectivity index (χ3v) is 3.96. The topological polar surface area (TPSA) is 30.3 Å². The molecule has 0 bridgehead atoms. The molecule has 1 heterocycles. The first-order chi connectivity index (χ1) is 9.15. The zero-order chi connectivity index (χ0) is 13.8. The fourth-order valence-corrected chi connectivity index (χ4v) is 2.90. The van der Waals surface area contributed by atoms with Gasteiger partial charge in [-0.3, -0.25) is 0 Å². The van der Waals surface area contributed by atoms with Gasteiger partial charge in [0.1, 0.15) is 6.07 Å². The van der Waals surface area contributed by atoms with Crippen molar-refractivity contribution in [2.75, 3.05) is 31.6 Å².